The molecule has 5 nitrogen and oxygen atoms in total. The van der Waals surface area contributed by atoms with Gasteiger partial charge in [0.25, 0.3) is 0 Å². The van der Waals surface area contributed by atoms with Crippen LogP contribution < -0.4 is 10.6 Å². The minimum atomic E-state index is -0.340. The summed E-state index contributed by atoms with van der Waals surface area (Å²) in [5.41, 5.74) is 2.70. The number of hydrogen-bond donors (Lipinski definition) is 2. The van der Waals surface area contributed by atoms with Crippen LogP contribution >= 0.6 is 0 Å². The molecule has 3 aromatic rings. The molecule has 31 heavy (non-hydrogen) atoms. The lowest BCUT2D eigenvalue weighted by atomic mass is 9.90. The van der Waals surface area contributed by atoms with Crippen molar-refractivity contribution in [2.45, 2.75) is 44.7 Å². The molecule has 1 fully saturated rings. The standard InChI is InChI=1S/C25H29FN4O/c1-17(2)11-13-27-25(31)23-16-21(24(28-23)18-7-6-8-19(26)15-18)22-12-14-30(29-22)20-9-4-3-5-10-20/h3-10,12,14-15,17,21,23-24,28H,11,13,16H2,1-2H3,(H,27,31)/t21-,23+,24+/m1/s1. The van der Waals surface area contributed by atoms with Crippen molar-refractivity contribution in [2.24, 2.45) is 5.92 Å². The molecule has 2 heterocycles. The lowest BCUT2D eigenvalue weighted by Gasteiger charge is -2.19. The SMILES string of the molecule is CC(C)CCNC(=O)[C@@H]1C[C@H](c2ccn(-c3ccccc3)n2)[C@H](c2cccc(F)c2)N1. The second-order valence-electron chi connectivity index (χ2n) is 8.59. The molecule has 1 saturated heterocycles. The molecule has 1 aromatic heterocycles. The van der Waals surface area contributed by atoms with Crippen molar-refractivity contribution in [3.8, 4) is 5.69 Å². The third-order valence-corrected chi connectivity index (χ3v) is 5.83. The van der Waals surface area contributed by atoms with Crippen LogP contribution in [-0.2, 0) is 4.79 Å². The van der Waals surface area contributed by atoms with Crippen LogP contribution in [-0.4, -0.2) is 28.3 Å². The van der Waals surface area contributed by atoms with Gasteiger partial charge in [0.15, 0.2) is 0 Å². The third-order valence-electron chi connectivity index (χ3n) is 5.83. The van der Waals surface area contributed by atoms with Crippen LogP contribution in [0.2, 0.25) is 0 Å². The van der Waals surface area contributed by atoms with Crippen LogP contribution in [0.3, 0.4) is 0 Å². The van der Waals surface area contributed by atoms with E-state index in [2.05, 4.69) is 24.5 Å². The van der Waals surface area contributed by atoms with Crippen LogP contribution in [0.15, 0.2) is 66.9 Å². The lowest BCUT2D eigenvalue weighted by Crippen LogP contribution is -2.41. The van der Waals surface area contributed by atoms with E-state index < -0.39 is 0 Å². The second kappa shape index (κ2) is 9.43. The van der Waals surface area contributed by atoms with Gasteiger partial charge in [0, 0.05) is 24.7 Å². The first-order valence-electron chi connectivity index (χ1n) is 10.9. The van der Waals surface area contributed by atoms with E-state index >= 15 is 0 Å². The highest BCUT2D eigenvalue weighted by atomic mass is 19.1. The first kappa shape index (κ1) is 21.2. The van der Waals surface area contributed by atoms with Crippen molar-refractivity contribution in [1.82, 2.24) is 20.4 Å². The van der Waals surface area contributed by atoms with Gasteiger partial charge in [-0.2, -0.15) is 5.10 Å². The predicted octanol–water partition coefficient (Wildman–Crippen LogP) is 4.36. The minimum Gasteiger partial charge on any atom is -0.355 e. The van der Waals surface area contributed by atoms with Crippen molar-refractivity contribution in [1.29, 1.82) is 0 Å². The van der Waals surface area contributed by atoms with Gasteiger partial charge in [-0.15, -0.1) is 0 Å². The smallest absolute Gasteiger partial charge is 0.237 e. The first-order valence-corrected chi connectivity index (χ1v) is 10.9. The summed E-state index contributed by atoms with van der Waals surface area (Å²) in [6.07, 6.45) is 3.49. The maximum Gasteiger partial charge on any atom is 0.237 e. The topological polar surface area (TPSA) is 59.0 Å². The second-order valence-corrected chi connectivity index (χ2v) is 8.59. The van der Waals surface area contributed by atoms with E-state index in [1.165, 1.54) is 12.1 Å². The number of amides is 1. The molecular formula is C25H29FN4O. The van der Waals surface area contributed by atoms with Gasteiger partial charge in [-0.05, 0) is 54.7 Å². The van der Waals surface area contributed by atoms with Crippen LogP contribution in [0.4, 0.5) is 4.39 Å². The zero-order valence-electron chi connectivity index (χ0n) is 18.0. The Labute approximate surface area is 182 Å². The zero-order valence-corrected chi connectivity index (χ0v) is 18.0. The van der Waals surface area contributed by atoms with Crippen molar-refractivity contribution in [3.63, 3.8) is 0 Å². The van der Waals surface area contributed by atoms with E-state index in [-0.39, 0.29) is 29.7 Å². The lowest BCUT2D eigenvalue weighted by molar-refractivity contribution is -0.122. The van der Waals surface area contributed by atoms with Gasteiger partial charge < -0.3 is 5.32 Å². The van der Waals surface area contributed by atoms with Gasteiger partial charge >= 0.3 is 0 Å². The van der Waals surface area contributed by atoms with Crippen molar-refractivity contribution < 1.29 is 9.18 Å². The number of aromatic nitrogens is 2. The van der Waals surface area contributed by atoms with E-state index in [0.29, 0.717) is 18.9 Å². The number of hydrogen-bond acceptors (Lipinski definition) is 3. The van der Waals surface area contributed by atoms with E-state index in [1.807, 2.05) is 53.3 Å². The number of rotatable bonds is 7. The summed E-state index contributed by atoms with van der Waals surface area (Å²) < 4.78 is 15.8. The average Bonchev–Trinajstić information content (AvgIpc) is 3.41. The number of nitrogens with one attached hydrogen (secondary N) is 2. The van der Waals surface area contributed by atoms with Crippen molar-refractivity contribution >= 4 is 5.91 Å². The minimum absolute atomic E-state index is 0.00737. The molecule has 0 unspecified atom stereocenters. The maximum atomic E-state index is 13.9. The number of para-hydroxylation sites is 1. The molecule has 0 radical (unpaired) electrons. The average molecular weight is 421 g/mol. The summed E-state index contributed by atoms with van der Waals surface area (Å²) in [6, 6.07) is 18.0. The molecule has 1 aliphatic heterocycles. The number of carbonyl (C=O) groups excluding carboxylic acids is 1. The molecule has 0 spiro atoms. The van der Waals surface area contributed by atoms with Crippen LogP contribution in [0.25, 0.3) is 5.69 Å². The normalized spacial score (nSPS) is 20.8. The molecule has 4 rings (SSSR count). The molecule has 6 heteroatoms. The Morgan fingerprint density at radius 3 is 2.74 bits per heavy atom. The van der Waals surface area contributed by atoms with Gasteiger partial charge in [0.2, 0.25) is 5.91 Å². The molecule has 162 valence electrons. The summed E-state index contributed by atoms with van der Waals surface area (Å²) in [7, 11) is 0. The van der Waals surface area contributed by atoms with Gasteiger partial charge in [-0.1, -0.05) is 44.2 Å². The number of halogens is 1. The molecular weight excluding hydrogens is 391 g/mol. The highest BCUT2D eigenvalue weighted by Crippen LogP contribution is 2.40. The predicted molar refractivity (Wildman–Crippen MR) is 119 cm³/mol. The number of carbonyl (C=O) groups is 1. The molecule has 1 aliphatic rings. The summed E-state index contributed by atoms with van der Waals surface area (Å²) in [6.45, 7) is 4.94. The fourth-order valence-electron chi connectivity index (χ4n) is 4.16. The molecule has 2 aromatic carbocycles. The van der Waals surface area contributed by atoms with Crippen molar-refractivity contribution in [3.05, 3.63) is 83.9 Å². The number of benzene rings is 2. The Hall–Kier alpha value is -2.99. The Morgan fingerprint density at radius 1 is 1.19 bits per heavy atom. The Morgan fingerprint density at radius 2 is 2.00 bits per heavy atom. The first-order chi connectivity index (χ1) is 15.0. The van der Waals surface area contributed by atoms with E-state index in [4.69, 9.17) is 5.10 Å². The molecule has 1 amide bonds. The van der Waals surface area contributed by atoms with Gasteiger partial charge in [-0.25, -0.2) is 9.07 Å². The fraction of sp³-hybridized carbons (Fsp3) is 0.360. The molecule has 0 saturated carbocycles. The van der Waals surface area contributed by atoms with E-state index in [0.717, 1.165) is 23.4 Å². The Kier molecular flexibility index (Phi) is 6.47. The molecule has 2 N–H and O–H groups in total. The quantitative estimate of drug-likeness (QED) is 0.597. The summed E-state index contributed by atoms with van der Waals surface area (Å²) in [4.78, 5) is 12.8. The van der Waals surface area contributed by atoms with Crippen LogP contribution in [0, 0.1) is 11.7 Å². The molecule has 3 atom stereocenters. The Bertz CT molecular complexity index is 1020. The Balaban J connectivity index is 1.57. The number of nitrogens with zero attached hydrogens (tertiary/aromatic N) is 2. The molecule has 0 aliphatic carbocycles. The van der Waals surface area contributed by atoms with Crippen LogP contribution in [0.1, 0.15) is 49.9 Å². The third kappa shape index (κ3) is 5.02. The van der Waals surface area contributed by atoms with Crippen molar-refractivity contribution in [2.75, 3.05) is 6.54 Å². The molecule has 0 bridgehead atoms. The maximum absolute atomic E-state index is 13.9. The highest BCUT2D eigenvalue weighted by Gasteiger charge is 2.40. The van der Waals surface area contributed by atoms with Gasteiger partial charge in [0.1, 0.15) is 5.82 Å². The van der Waals surface area contributed by atoms with E-state index in [1.54, 1.807) is 6.07 Å². The fourth-order valence-corrected chi connectivity index (χ4v) is 4.16. The highest BCUT2D eigenvalue weighted by molar-refractivity contribution is 5.82. The van der Waals surface area contributed by atoms with Crippen LogP contribution in [0.5, 0.6) is 0 Å². The summed E-state index contributed by atoms with van der Waals surface area (Å²) in [5, 5.41) is 11.3. The van der Waals surface area contributed by atoms with Gasteiger partial charge in [0.05, 0.1) is 17.4 Å². The monoisotopic (exact) mass is 420 g/mol. The van der Waals surface area contributed by atoms with Gasteiger partial charge in [-0.3, -0.25) is 10.1 Å². The largest absolute Gasteiger partial charge is 0.355 e. The summed E-state index contributed by atoms with van der Waals surface area (Å²) >= 11 is 0. The van der Waals surface area contributed by atoms with E-state index in [9.17, 15) is 9.18 Å². The summed E-state index contributed by atoms with van der Waals surface area (Å²) in [5.74, 6) is 0.212. The zero-order chi connectivity index (χ0) is 21.8.